The molecule has 0 atom stereocenters. The number of amides is 1. The summed E-state index contributed by atoms with van der Waals surface area (Å²) < 4.78 is 2.38. The number of nitrogens with one attached hydrogen (secondary N) is 1. The first-order valence-corrected chi connectivity index (χ1v) is 9.79. The molecule has 1 N–H and O–H groups in total. The van der Waals surface area contributed by atoms with Crippen LogP contribution in [0.15, 0.2) is 64.0 Å². The predicted molar refractivity (Wildman–Crippen MR) is 118 cm³/mol. The summed E-state index contributed by atoms with van der Waals surface area (Å²) in [6.45, 7) is 10.1. The van der Waals surface area contributed by atoms with Crippen molar-refractivity contribution in [3.63, 3.8) is 0 Å². The van der Waals surface area contributed by atoms with Crippen LogP contribution in [0, 0.1) is 5.92 Å². The highest BCUT2D eigenvalue weighted by molar-refractivity contribution is 5.97. The molecule has 0 bridgehead atoms. The lowest BCUT2D eigenvalue weighted by Crippen LogP contribution is -2.55. The van der Waals surface area contributed by atoms with Crippen LogP contribution in [-0.4, -0.2) is 25.4 Å². The number of rotatable bonds is 10. The van der Waals surface area contributed by atoms with Gasteiger partial charge in [0, 0.05) is 17.7 Å². The molecular weight excluding hydrogens is 400 g/mol. The molecule has 164 valence electrons. The molecule has 0 fully saturated rings. The third-order valence-corrected chi connectivity index (χ3v) is 4.39. The molecule has 1 aromatic heterocycles. The van der Waals surface area contributed by atoms with Gasteiger partial charge in [0.2, 0.25) is 5.91 Å². The topological polar surface area (TPSA) is 112 Å². The highest BCUT2D eigenvalue weighted by atomic mass is 16.2. The van der Waals surface area contributed by atoms with Crippen LogP contribution >= 0.6 is 0 Å². The zero-order chi connectivity index (χ0) is 23.1. The summed E-state index contributed by atoms with van der Waals surface area (Å²) in [4.78, 5) is 62.2. The van der Waals surface area contributed by atoms with Gasteiger partial charge in [0.15, 0.2) is 5.78 Å². The molecule has 0 aliphatic heterocycles. The van der Waals surface area contributed by atoms with Crippen molar-refractivity contribution in [3.05, 3.63) is 86.6 Å². The standard InChI is InChI=1S/C22H26N4O5/c1-5-11-24-20(29)25(12-6-2)22(31)26(21(24)30)14-18(27)16-7-9-17(10-8-16)23-19(28)13-15(3)4/h5-10,15H,1-2,11-14H2,3-4H3,(H,23,28). The molecule has 9 nitrogen and oxygen atoms in total. The van der Waals surface area contributed by atoms with E-state index in [0.29, 0.717) is 12.1 Å². The minimum absolute atomic E-state index is 0.103. The quantitative estimate of drug-likeness (QED) is 0.456. The van der Waals surface area contributed by atoms with Crippen molar-refractivity contribution in [1.82, 2.24) is 13.7 Å². The Morgan fingerprint density at radius 1 is 0.903 bits per heavy atom. The smallest absolute Gasteiger partial charge is 0.326 e. The number of allylic oxidation sites excluding steroid dienone is 2. The minimum Gasteiger partial charge on any atom is -0.326 e. The molecule has 9 heteroatoms. The SMILES string of the molecule is C=CCn1c(=O)n(CC=C)c(=O)n(CC(=O)c2ccc(NC(=O)CC(C)C)cc2)c1=O. The van der Waals surface area contributed by atoms with Crippen LogP contribution in [-0.2, 0) is 24.4 Å². The number of hydrogen-bond donors (Lipinski definition) is 1. The van der Waals surface area contributed by atoms with E-state index < -0.39 is 29.4 Å². The molecule has 31 heavy (non-hydrogen) atoms. The van der Waals surface area contributed by atoms with Crippen LogP contribution in [0.3, 0.4) is 0 Å². The zero-order valence-electron chi connectivity index (χ0n) is 17.7. The first-order chi connectivity index (χ1) is 14.7. The molecule has 2 aromatic rings. The molecule has 0 saturated carbocycles. The van der Waals surface area contributed by atoms with Gasteiger partial charge in [-0.2, -0.15) is 0 Å². The first-order valence-electron chi connectivity index (χ1n) is 9.79. The van der Waals surface area contributed by atoms with Gasteiger partial charge in [-0.3, -0.25) is 9.59 Å². The van der Waals surface area contributed by atoms with E-state index in [9.17, 15) is 24.0 Å². The Bertz CT molecular complexity index is 1120. The minimum atomic E-state index is -0.888. The fourth-order valence-electron chi connectivity index (χ4n) is 2.95. The van der Waals surface area contributed by atoms with Crippen LogP contribution in [0.1, 0.15) is 30.6 Å². The maximum absolute atomic E-state index is 12.7. The average molecular weight is 426 g/mol. The van der Waals surface area contributed by atoms with E-state index in [-0.39, 0.29) is 30.5 Å². The number of benzene rings is 1. The number of hydrogen-bond acceptors (Lipinski definition) is 5. The molecule has 1 aromatic carbocycles. The zero-order valence-corrected chi connectivity index (χ0v) is 17.7. The Hall–Kier alpha value is -3.75. The lowest BCUT2D eigenvalue weighted by molar-refractivity contribution is -0.116. The van der Waals surface area contributed by atoms with E-state index in [2.05, 4.69) is 18.5 Å². The summed E-state index contributed by atoms with van der Waals surface area (Å²) in [5.41, 5.74) is -1.78. The largest absolute Gasteiger partial charge is 0.337 e. The van der Waals surface area contributed by atoms with Gasteiger partial charge in [0.1, 0.15) is 0 Å². The van der Waals surface area contributed by atoms with Gasteiger partial charge < -0.3 is 5.32 Å². The van der Waals surface area contributed by atoms with Crippen LogP contribution in [0.4, 0.5) is 5.69 Å². The molecule has 2 rings (SSSR count). The van der Waals surface area contributed by atoms with Crippen LogP contribution < -0.4 is 22.4 Å². The number of nitrogens with zero attached hydrogens (tertiary/aromatic N) is 3. The second-order valence-electron chi connectivity index (χ2n) is 7.38. The Balaban J connectivity index is 2.33. The summed E-state index contributed by atoms with van der Waals surface area (Å²) in [6, 6.07) is 6.15. The summed E-state index contributed by atoms with van der Waals surface area (Å²) in [6.07, 6.45) is 3.08. The van der Waals surface area contributed by atoms with E-state index in [0.717, 1.165) is 13.7 Å². The van der Waals surface area contributed by atoms with Crippen molar-refractivity contribution in [3.8, 4) is 0 Å². The fraction of sp³-hybridized carbons (Fsp3) is 0.318. The molecule has 0 saturated heterocycles. The Morgan fingerprint density at radius 2 is 1.39 bits per heavy atom. The molecule has 0 unspecified atom stereocenters. The van der Waals surface area contributed by atoms with Gasteiger partial charge in [-0.25, -0.2) is 28.1 Å². The van der Waals surface area contributed by atoms with Crippen molar-refractivity contribution >= 4 is 17.4 Å². The molecule has 0 radical (unpaired) electrons. The average Bonchev–Trinajstić information content (AvgIpc) is 2.71. The highest BCUT2D eigenvalue weighted by Crippen LogP contribution is 2.12. The van der Waals surface area contributed by atoms with Gasteiger partial charge in [0.05, 0.1) is 19.6 Å². The van der Waals surface area contributed by atoms with Crippen LogP contribution in [0.2, 0.25) is 0 Å². The maximum atomic E-state index is 12.7. The van der Waals surface area contributed by atoms with E-state index in [1.807, 2.05) is 13.8 Å². The van der Waals surface area contributed by atoms with Crippen molar-refractivity contribution in [1.29, 1.82) is 0 Å². The molecule has 1 heterocycles. The van der Waals surface area contributed by atoms with Gasteiger partial charge in [0.25, 0.3) is 0 Å². The summed E-state index contributed by atoms with van der Waals surface area (Å²) >= 11 is 0. The number of Topliss-reactive ketones (excluding diaryl/α,β-unsaturated/α-hetero) is 1. The van der Waals surface area contributed by atoms with Gasteiger partial charge >= 0.3 is 17.1 Å². The summed E-state index contributed by atoms with van der Waals surface area (Å²) in [7, 11) is 0. The molecular formula is C22H26N4O5. The van der Waals surface area contributed by atoms with E-state index >= 15 is 0 Å². The molecule has 1 amide bonds. The van der Waals surface area contributed by atoms with E-state index in [1.54, 1.807) is 12.1 Å². The molecule has 0 aliphatic carbocycles. The Morgan fingerprint density at radius 3 is 1.84 bits per heavy atom. The number of aromatic nitrogens is 3. The Labute approximate surface area is 178 Å². The molecule has 0 spiro atoms. The summed E-state index contributed by atoms with van der Waals surface area (Å²) in [5, 5.41) is 2.74. The van der Waals surface area contributed by atoms with Crippen molar-refractivity contribution in [2.75, 3.05) is 5.32 Å². The number of carbonyl (C=O) groups excluding carboxylic acids is 2. The Kier molecular flexibility index (Phi) is 7.84. The van der Waals surface area contributed by atoms with E-state index in [4.69, 9.17) is 0 Å². The normalized spacial score (nSPS) is 10.7. The highest BCUT2D eigenvalue weighted by Gasteiger charge is 2.17. The third kappa shape index (κ3) is 5.65. The summed E-state index contributed by atoms with van der Waals surface area (Å²) in [5.74, 6) is -0.408. The first kappa shape index (κ1) is 23.5. The predicted octanol–water partition coefficient (Wildman–Crippen LogP) is 1.41. The lowest BCUT2D eigenvalue weighted by Gasteiger charge is -2.12. The van der Waals surface area contributed by atoms with Gasteiger partial charge in [-0.15, -0.1) is 13.2 Å². The number of ketones is 1. The van der Waals surface area contributed by atoms with Gasteiger partial charge in [-0.05, 0) is 30.2 Å². The molecule has 0 aliphatic rings. The fourth-order valence-corrected chi connectivity index (χ4v) is 2.95. The van der Waals surface area contributed by atoms with Crippen molar-refractivity contribution in [2.45, 2.75) is 39.9 Å². The van der Waals surface area contributed by atoms with Crippen LogP contribution in [0.25, 0.3) is 0 Å². The number of carbonyl (C=O) groups is 2. The lowest BCUT2D eigenvalue weighted by atomic mass is 10.1. The van der Waals surface area contributed by atoms with Crippen molar-refractivity contribution in [2.24, 2.45) is 5.92 Å². The van der Waals surface area contributed by atoms with Gasteiger partial charge in [-0.1, -0.05) is 26.0 Å². The maximum Gasteiger partial charge on any atom is 0.337 e. The van der Waals surface area contributed by atoms with E-state index in [1.165, 1.54) is 24.3 Å². The van der Waals surface area contributed by atoms with Crippen molar-refractivity contribution < 1.29 is 9.59 Å². The third-order valence-electron chi connectivity index (χ3n) is 4.39. The monoisotopic (exact) mass is 426 g/mol. The number of anilines is 1. The second kappa shape index (κ2) is 10.3. The second-order valence-corrected chi connectivity index (χ2v) is 7.38. The van der Waals surface area contributed by atoms with Crippen LogP contribution in [0.5, 0.6) is 0 Å².